The third-order valence-corrected chi connectivity index (χ3v) is 9.70. The summed E-state index contributed by atoms with van der Waals surface area (Å²) in [6, 6.07) is 15.7. The van der Waals surface area contributed by atoms with E-state index in [1.165, 1.54) is 11.1 Å². The van der Waals surface area contributed by atoms with Gasteiger partial charge >= 0.3 is 0 Å². The van der Waals surface area contributed by atoms with Gasteiger partial charge in [0.2, 0.25) is 15.9 Å². The molecule has 5 rings (SSSR count). The SMILES string of the molecule is NC(=O)C1(N2CCN(S(=O)(=O)c3ccc(Br)cc3N3CC=C(c4ccccc4)CC3)CC2)CC1. The number of nitrogens with zero attached hydrogens (tertiary/aromatic N) is 3. The van der Waals surface area contributed by atoms with E-state index in [1.54, 1.807) is 16.4 Å². The van der Waals surface area contributed by atoms with Crippen molar-refractivity contribution >= 4 is 43.1 Å². The predicted octanol–water partition coefficient (Wildman–Crippen LogP) is 3.07. The molecule has 0 atom stereocenters. The molecule has 2 aromatic carbocycles. The lowest BCUT2D eigenvalue weighted by Gasteiger charge is -2.38. The van der Waals surface area contributed by atoms with Gasteiger partial charge in [0, 0.05) is 43.7 Å². The molecular weight excluding hydrogens is 516 g/mol. The second-order valence-electron chi connectivity index (χ2n) is 9.19. The van der Waals surface area contributed by atoms with Crippen LogP contribution in [-0.4, -0.2) is 68.3 Å². The molecule has 34 heavy (non-hydrogen) atoms. The minimum Gasteiger partial charge on any atom is -0.368 e. The Labute approximate surface area is 209 Å². The van der Waals surface area contributed by atoms with Crippen LogP contribution in [0.2, 0.25) is 0 Å². The minimum atomic E-state index is -3.69. The zero-order valence-corrected chi connectivity index (χ0v) is 21.4. The van der Waals surface area contributed by atoms with Gasteiger partial charge in [0.1, 0.15) is 10.4 Å². The van der Waals surface area contributed by atoms with Crippen LogP contribution in [0.4, 0.5) is 5.69 Å². The van der Waals surface area contributed by atoms with Crippen LogP contribution in [0.5, 0.6) is 0 Å². The minimum absolute atomic E-state index is 0.299. The topological polar surface area (TPSA) is 87.0 Å². The van der Waals surface area contributed by atoms with Crippen LogP contribution < -0.4 is 10.6 Å². The van der Waals surface area contributed by atoms with Crippen molar-refractivity contribution in [2.75, 3.05) is 44.2 Å². The number of hydrogen-bond acceptors (Lipinski definition) is 5. The summed E-state index contributed by atoms with van der Waals surface area (Å²) in [4.78, 5) is 16.4. The van der Waals surface area contributed by atoms with Gasteiger partial charge in [0.15, 0.2) is 0 Å². The summed E-state index contributed by atoms with van der Waals surface area (Å²) in [6.07, 6.45) is 4.57. The Bertz CT molecular complexity index is 1220. The maximum atomic E-state index is 13.7. The second-order valence-corrected chi connectivity index (χ2v) is 12.0. The molecule has 0 radical (unpaired) electrons. The van der Waals surface area contributed by atoms with Crippen LogP contribution in [-0.2, 0) is 14.8 Å². The Morgan fingerprint density at radius 1 is 0.971 bits per heavy atom. The molecule has 1 saturated carbocycles. The number of halogens is 1. The number of benzene rings is 2. The molecule has 2 aromatic rings. The van der Waals surface area contributed by atoms with Gasteiger partial charge in [-0.05, 0) is 48.6 Å². The van der Waals surface area contributed by atoms with Crippen molar-refractivity contribution < 1.29 is 13.2 Å². The van der Waals surface area contributed by atoms with Gasteiger partial charge in [-0.15, -0.1) is 0 Å². The molecule has 3 aliphatic rings. The summed E-state index contributed by atoms with van der Waals surface area (Å²) in [7, 11) is -3.69. The molecule has 180 valence electrons. The number of amides is 1. The Morgan fingerprint density at radius 3 is 2.26 bits per heavy atom. The first-order valence-electron chi connectivity index (χ1n) is 11.7. The van der Waals surface area contributed by atoms with Crippen molar-refractivity contribution in [2.45, 2.75) is 29.7 Å². The standard InChI is InChI=1S/C25H29BrN4O3S/c26-21-6-7-23(22(18-21)28-12-8-20(9-13-28)19-4-2-1-3-5-19)34(32,33)30-16-14-29(15-17-30)25(10-11-25)24(27)31/h1-8,18H,9-17H2,(H2,27,31). The predicted molar refractivity (Wildman–Crippen MR) is 137 cm³/mol. The Hall–Kier alpha value is -2.20. The van der Waals surface area contributed by atoms with Crippen molar-refractivity contribution in [1.82, 2.24) is 9.21 Å². The lowest BCUT2D eigenvalue weighted by Crippen LogP contribution is -2.56. The number of carbonyl (C=O) groups is 1. The fourth-order valence-corrected chi connectivity index (χ4v) is 7.05. The number of carbonyl (C=O) groups excluding carboxylic acids is 1. The molecule has 2 fully saturated rings. The number of anilines is 1. The van der Waals surface area contributed by atoms with Gasteiger partial charge in [-0.2, -0.15) is 4.31 Å². The summed E-state index contributed by atoms with van der Waals surface area (Å²) < 4.78 is 29.8. The first-order chi connectivity index (χ1) is 16.3. The Balaban J connectivity index is 1.36. The van der Waals surface area contributed by atoms with Gasteiger partial charge in [0.25, 0.3) is 0 Å². The van der Waals surface area contributed by atoms with Crippen molar-refractivity contribution in [3.63, 3.8) is 0 Å². The second kappa shape index (κ2) is 9.11. The van der Waals surface area contributed by atoms with E-state index in [-0.39, 0.29) is 5.91 Å². The maximum Gasteiger partial charge on any atom is 0.245 e. The highest BCUT2D eigenvalue weighted by atomic mass is 79.9. The quantitative estimate of drug-likeness (QED) is 0.603. The smallest absolute Gasteiger partial charge is 0.245 e. The molecular formula is C25H29BrN4O3S. The van der Waals surface area contributed by atoms with Crippen molar-refractivity contribution in [1.29, 1.82) is 0 Å². The van der Waals surface area contributed by atoms with E-state index in [4.69, 9.17) is 5.73 Å². The molecule has 2 N–H and O–H groups in total. The van der Waals surface area contributed by atoms with E-state index < -0.39 is 15.6 Å². The van der Waals surface area contributed by atoms with Gasteiger partial charge in [-0.1, -0.05) is 52.3 Å². The number of primary amides is 1. The molecule has 0 bridgehead atoms. The van der Waals surface area contributed by atoms with Gasteiger partial charge in [0.05, 0.1) is 5.69 Å². The van der Waals surface area contributed by atoms with Crippen LogP contribution in [0.1, 0.15) is 24.8 Å². The van der Waals surface area contributed by atoms with Crippen LogP contribution in [0.3, 0.4) is 0 Å². The van der Waals surface area contributed by atoms with Crippen LogP contribution in [0.25, 0.3) is 5.57 Å². The van der Waals surface area contributed by atoms with Crippen molar-refractivity contribution in [3.05, 3.63) is 64.6 Å². The third-order valence-electron chi connectivity index (χ3n) is 7.26. The largest absolute Gasteiger partial charge is 0.368 e. The van der Waals surface area contributed by atoms with E-state index in [1.807, 2.05) is 24.3 Å². The summed E-state index contributed by atoms with van der Waals surface area (Å²) in [5, 5.41) is 0. The summed E-state index contributed by atoms with van der Waals surface area (Å²) in [6.45, 7) is 3.13. The zero-order chi connectivity index (χ0) is 23.9. The van der Waals surface area contributed by atoms with Gasteiger partial charge < -0.3 is 10.6 Å². The Kier molecular flexibility index (Phi) is 6.31. The normalized spacial score (nSPS) is 21.2. The van der Waals surface area contributed by atoms with E-state index in [9.17, 15) is 13.2 Å². The van der Waals surface area contributed by atoms with Crippen molar-refractivity contribution in [2.24, 2.45) is 5.73 Å². The number of nitrogens with two attached hydrogens (primary N) is 1. The highest BCUT2D eigenvalue weighted by Crippen LogP contribution is 2.42. The lowest BCUT2D eigenvalue weighted by molar-refractivity contribution is -0.125. The van der Waals surface area contributed by atoms with E-state index in [0.29, 0.717) is 37.6 Å². The molecule has 2 heterocycles. The highest BCUT2D eigenvalue weighted by Gasteiger charge is 2.54. The molecule has 1 saturated heterocycles. The average molecular weight is 546 g/mol. The summed E-state index contributed by atoms with van der Waals surface area (Å²) in [5.74, 6) is -0.299. The number of piperazine rings is 1. The van der Waals surface area contributed by atoms with Crippen LogP contribution in [0.15, 0.2) is 64.0 Å². The summed E-state index contributed by atoms with van der Waals surface area (Å²) in [5.41, 5.74) is 8.27. The molecule has 0 spiro atoms. The van der Waals surface area contributed by atoms with Crippen molar-refractivity contribution in [3.8, 4) is 0 Å². The van der Waals surface area contributed by atoms with E-state index in [0.717, 1.165) is 36.0 Å². The molecule has 7 nitrogen and oxygen atoms in total. The zero-order valence-electron chi connectivity index (χ0n) is 19.0. The van der Waals surface area contributed by atoms with E-state index >= 15 is 0 Å². The first-order valence-corrected chi connectivity index (χ1v) is 13.9. The number of hydrogen-bond donors (Lipinski definition) is 1. The average Bonchev–Trinajstić information content (AvgIpc) is 3.67. The fourth-order valence-electron chi connectivity index (χ4n) is 5.09. The number of sulfonamides is 1. The lowest BCUT2D eigenvalue weighted by atomic mass is 9.99. The molecule has 9 heteroatoms. The van der Waals surface area contributed by atoms with Gasteiger partial charge in [-0.3, -0.25) is 9.69 Å². The summed E-state index contributed by atoms with van der Waals surface area (Å²) >= 11 is 3.52. The maximum absolute atomic E-state index is 13.7. The molecule has 2 aliphatic heterocycles. The van der Waals surface area contributed by atoms with Crippen LogP contribution in [0, 0.1) is 0 Å². The molecule has 0 aromatic heterocycles. The number of rotatable bonds is 6. The van der Waals surface area contributed by atoms with Gasteiger partial charge in [-0.25, -0.2) is 8.42 Å². The molecule has 0 unspecified atom stereocenters. The van der Waals surface area contributed by atoms with E-state index in [2.05, 4.69) is 43.9 Å². The monoisotopic (exact) mass is 544 g/mol. The highest BCUT2D eigenvalue weighted by molar-refractivity contribution is 9.10. The fraction of sp³-hybridized carbons (Fsp3) is 0.400. The third kappa shape index (κ3) is 4.30. The Morgan fingerprint density at radius 2 is 1.68 bits per heavy atom. The molecule has 1 amide bonds. The molecule has 1 aliphatic carbocycles. The van der Waals surface area contributed by atoms with Crippen LogP contribution >= 0.6 is 15.9 Å². The first kappa shape index (κ1) is 23.5.